The Kier molecular flexibility index (Phi) is 3.58. The number of carbonyl (C=O) groups is 2. The van der Waals surface area contributed by atoms with Crippen molar-refractivity contribution >= 4 is 28.5 Å². The largest absolute Gasteiger partial charge is 0.453 e. The van der Waals surface area contributed by atoms with E-state index in [4.69, 9.17) is 0 Å². The zero-order valence-electron chi connectivity index (χ0n) is 9.38. The van der Waals surface area contributed by atoms with Crippen molar-refractivity contribution in [3.8, 4) is 0 Å². The molecule has 0 radical (unpaired) electrons. The molecule has 92 valence electrons. The Bertz CT molecular complexity index is 407. The Morgan fingerprint density at radius 3 is 3.12 bits per heavy atom. The Morgan fingerprint density at radius 2 is 2.47 bits per heavy atom. The molecule has 2 amide bonds. The minimum Gasteiger partial charge on any atom is -0.453 e. The molecule has 1 saturated heterocycles. The molecule has 1 atom stereocenters. The van der Waals surface area contributed by atoms with Crippen LogP contribution in [0.3, 0.4) is 0 Å². The Morgan fingerprint density at radius 1 is 1.65 bits per heavy atom. The molecule has 1 N–H and O–H groups in total. The molecule has 0 saturated carbocycles. The van der Waals surface area contributed by atoms with E-state index in [9.17, 15) is 9.59 Å². The van der Waals surface area contributed by atoms with Gasteiger partial charge in [0.2, 0.25) is 5.91 Å². The van der Waals surface area contributed by atoms with Crippen molar-refractivity contribution in [1.29, 1.82) is 0 Å². The van der Waals surface area contributed by atoms with Crippen LogP contribution in [0.2, 0.25) is 0 Å². The number of carbonyl (C=O) groups excluding carboxylic acids is 2. The van der Waals surface area contributed by atoms with E-state index in [0.717, 1.165) is 6.42 Å². The number of anilines is 1. The molecular weight excluding hydrogens is 242 g/mol. The van der Waals surface area contributed by atoms with Crippen molar-refractivity contribution in [3.63, 3.8) is 0 Å². The van der Waals surface area contributed by atoms with Gasteiger partial charge in [0.15, 0.2) is 5.13 Å². The third-order valence-electron chi connectivity index (χ3n) is 2.63. The average Bonchev–Trinajstić information content (AvgIpc) is 2.97. The molecule has 1 aliphatic heterocycles. The number of rotatable bonds is 2. The summed E-state index contributed by atoms with van der Waals surface area (Å²) in [6.07, 6.45) is 2.63. The highest BCUT2D eigenvalue weighted by atomic mass is 32.1. The summed E-state index contributed by atoms with van der Waals surface area (Å²) in [4.78, 5) is 28.8. The van der Waals surface area contributed by atoms with Gasteiger partial charge in [-0.1, -0.05) is 0 Å². The molecule has 7 heteroatoms. The fourth-order valence-electron chi connectivity index (χ4n) is 1.85. The molecule has 17 heavy (non-hydrogen) atoms. The highest BCUT2D eigenvalue weighted by molar-refractivity contribution is 7.13. The van der Waals surface area contributed by atoms with E-state index in [1.165, 1.54) is 23.3 Å². The first kappa shape index (κ1) is 11.8. The summed E-state index contributed by atoms with van der Waals surface area (Å²) in [6, 6.07) is -0.452. The first-order valence-corrected chi connectivity index (χ1v) is 6.15. The molecule has 0 aromatic carbocycles. The molecule has 0 unspecified atom stereocenters. The number of nitrogens with one attached hydrogen (secondary N) is 1. The molecule has 0 bridgehead atoms. The van der Waals surface area contributed by atoms with Crippen LogP contribution in [0.25, 0.3) is 0 Å². The van der Waals surface area contributed by atoms with Crippen molar-refractivity contribution in [1.82, 2.24) is 9.88 Å². The van der Waals surface area contributed by atoms with E-state index >= 15 is 0 Å². The highest BCUT2D eigenvalue weighted by Crippen LogP contribution is 2.20. The van der Waals surface area contributed by atoms with Crippen molar-refractivity contribution < 1.29 is 14.3 Å². The van der Waals surface area contributed by atoms with E-state index in [1.807, 2.05) is 0 Å². The van der Waals surface area contributed by atoms with E-state index in [0.29, 0.717) is 18.1 Å². The quantitative estimate of drug-likeness (QED) is 0.865. The summed E-state index contributed by atoms with van der Waals surface area (Å²) in [5.41, 5.74) is 0. The normalized spacial score (nSPS) is 19.1. The third-order valence-corrected chi connectivity index (χ3v) is 3.32. The van der Waals surface area contributed by atoms with Gasteiger partial charge >= 0.3 is 6.09 Å². The van der Waals surface area contributed by atoms with E-state index in [1.54, 1.807) is 11.6 Å². The summed E-state index contributed by atoms with van der Waals surface area (Å²) >= 11 is 1.35. The predicted molar refractivity (Wildman–Crippen MR) is 62.9 cm³/mol. The van der Waals surface area contributed by atoms with Gasteiger partial charge in [-0.3, -0.25) is 9.69 Å². The smallest absolute Gasteiger partial charge is 0.410 e. The second kappa shape index (κ2) is 5.13. The molecule has 1 aliphatic rings. The summed E-state index contributed by atoms with van der Waals surface area (Å²) in [5.74, 6) is -0.206. The molecular formula is C10H13N3O3S. The number of ether oxygens (including phenoxy) is 1. The lowest BCUT2D eigenvalue weighted by atomic mass is 10.2. The number of amides is 2. The van der Waals surface area contributed by atoms with Crippen LogP contribution in [0.15, 0.2) is 11.6 Å². The number of hydrogen-bond acceptors (Lipinski definition) is 5. The summed E-state index contributed by atoms with van der Waals surface area (Å²) in [6.45, 7) is 0.558. The molecule has 6 nitrogen and oxygen atoms in total. The van der Waals surface area contributed by atoms with E-state index in [2.05, 4.69) is 15.0 Å². The standard InChI is InChI=1S/C10H13N3O3S/c1-16-10(15)13-5-2-3-7(13)8(14)12-9-11-4-6-17-9/h4,6-7H,2-3,5H2,1H3,(H,11,12,14)/t7-/m0/s1. The van der Waals surface area contributed by atoms with Crippen LogP contribution in [-0.4, -0.2) is 41.6 Å². The first-order valence-electron chi connectivity index (χ1n) is 5.27. The zero-order valence-corrected chi connectivity index (χ0v) is 10.2. The predicted octanol–water partition coefficient (Wildman–Crippen LogP) is 1.31. The molecule has 2 rings (SSSR count). The number of aromatic nitrogens is 1. The lowest BCUT2D eigenvalue weighted by Gasteiger charge is -2.21. The maximum atomic E-state index is 11.9. The maximum absolute atomic E-state index is 11.9. The third kappa shape index (κ3) is 2.55. The van der Waals surface area contributed by atoms with Crippen LogP contribution in [-0.2, 0) is 9.53 Å². The number of nitrogens with zero attached hydrogens (tertiary/aromatic N) is 2. The van der Waals surface area contributed by atoms with Gasteiger partial charge in [0.25, 0.3) is 0 Å². The Hall–Kier alpha value is -1.63. The Labute approximate surface area is 103 Å². The molecule has 1 aromatic heterocycles. The van der Waals surface area contributed by atoms with Crippen LogP contribution < -0.4 is 5.32 Å². The van der Waals surface area contributed by atoms with Crippen molar-refractivity contribution in [3.05, 3.63) is 11.6 Å². The van der Waals surface area contributed by atoms with Gasteiger partial charge in [-0.05, 0) is 12.8 Å². The number of thiazole rings is 1. The average molecular weight is 255 g/mol. The minimum atomic E-state index is -0.457. The van der Waals surface area contributed by atoms with Gasteiger partial charge in [0.1, 0.15) is 6.04 Å². The van der Waals surface area contributed by atoms with Gasteiger partial charge in [-0.2, -0.15) is 0 Å². The molecule has 1 aromatic rings. The number of hydrogen-bond donors (Lipinski definition) is 1. The lowest BCUT2D eigenvalue weighted by molar-refractivity contribution is -0.119. The lowest BCUT2D eigenvalue weighted by Crippen LogP contribution is -2.43. The van der Waals surface area contributed by atoms with Gasteiger partial charge in [-0.25, -0.2) is 9.78 Å². The fourth-order valence-corrected chi connectivity index (χ4v) is 2.38. The van der Waals surface area contributed by atoms with Gasteiger partial charge in [0, 0.05) is 18.1 Å². The van der Waals surface area contributed by atoms with Crippen LogP contribution in [0.5, 0.6) is 0 Å². The highest BCUT2D eigenvalue weighted by Gasteiger charge is 2.34. The molecule has 1 fully saturated rings. The topological polar surface area (TPSA) is 71.5 Å². The minimum absolute atomic E-state index is 0.206. The van der Waals surface area contributed by atoms with Crippen LogP contribution in [0.4, 0.5) is 9.93 Å². The molecule has 2 heterocycles. The SMILES string of the molecule is COC(=O)N1CCC[C@H]1C(=O)Nc1nccs1. The molecule has 0 aliphatic carbocycles. The summed E-state index contributed by atoms with van der Waals surface area (Å²) in [7, 11) is 1.32. The maximum Gasteiger partial charge on any atom is 0.410 e. The monoisotopic (exact) mass is 255 g/mol. The first-order chi connectivity index (χ1) is 8.22. The van der Waals surface area contributed by atoms with Crippen molar-refractivity contribution in [2.45, 2.75) is 18.9 Å². The van der Waals surface area contributed by atoms with Crippen LogP contribution in [0, 0.1) is 0 Å². The van der Waals surface area contributed by atoms with Crippen molar-refractivity contribution in [2.75, 3.05) is 19.0 Å². The Balaban J connectivity index is 2.01. The van der Waals surface area contributed by atoms with E-state index < -0.39 is 12.1 Å². The second-order valence-corrected chi connectivity index (χ2v) is 4.54. The second-order valence-electron chi connectivity index (χ2n) is 3.65. The van der Waals surface area contributed by atoms with Gasteiger partial charge < -0.3 is 10.1 Å². The fraction of sp³-hybridized carbons (Fsp3) is 0.500. The number of methoxy groups -OCH3 is 1. The summed E-state index contributed by atoms with van der Waals surface area (Å²) in [5, 5.41) is 5.02. The zero-order chi connectivity index (χ0) is 12.3. The van der Waals surface area contributed by atoms with Gasteiger partial charge in [0.05, 0.1) is 7.11 Å². The summed E-state index contributed by atoms with van der Waals surface area (Å²) < 4.78 is 4.64. The van der Waals surface area contributed by atoms with Gasteiger partial charge in [-0.15, -0.1) is 11.3 Å². The number of likely N-dealkylation sites (tertiary alicyclic amines) is 1. The molecule has 0 spiro atoms. The van der Waals surface area contributed by atoms with Crippen molar-refractivity contribution in [2.24, 2.45) is 0 Å². The van der Waals surface area contributed by atoms with Crippen LogP contribution in [0.1, 0.15) is 12.8 Å². The van der Waals surface area contributed by atoms with E-state index in [-0.39, 0.29) is 5.91 Å². The van der Waals surface area contributed by atoms with Crippen LogP contribution >= 0.6 is 11.3 Å².